The van der Waals surface area contributed by atoms with Crippen molar-refractivity contribution in [3.8, 4) is 5.75 Å². The van der Waals surface area contributed by atoms with E-state index in [0.29, 0.717) is 42.4 Å². The molecule has 2 aliphatic rings. The van der Waals surface area contributed by atoms with Gasteiger partial charge in [-0.3, -0.25) is 0 Å². The Bertz CT molecular complexity index is 929. The van der Waals surface area contributed by atoms with Crippen LogP contribution in [0, 0.1) is 0 Å². The molecule has 180 valence electrons. The first-order chi connectivity index (χ1) is 15.9. The molecule has 0 unspecified atom stereocenters. The molecule has 0 bridgehead atoms. The van der Waals surface area contributed by atoms with Gasteiger partial charge in [-0.1, -0.05) is 29.8 Å². The van der Waals surface area contributed by atoms with Gasteiger partial charge in [0, 0.05) is 10.6 Å². The van der Waals surface area contributed by atoms with Gasteiger partial charge in [0.25, 0.3) is 0 Å². The lowest BCUT2D eigenvalue weighted by molar-refractivity contribution is -0.232. The van der Waals surface area contributed by atoms with E-state index in [1.807, 2.05) is 31.2 Å². The summed E-state index contributed by atoms with van der Waals surface area (Å²) in [6.07, 6.45) is -6.63. The summed E-state index contributed by atoms with van der Waals surface area (Å²) in [6.45, 7) is 2.81. The number of hydrogen-bond donors (Lipinski definition) is 4. The lowest BCUT2D eigenvalue weighted by Crippen LogP contribution is -2.55. The van der Waals surface area contributed by atoms with E-state index in [9.17, 15) is 20.4 Å². The van der Waals surface area contributed by atoms with Crippen LogP contribution in [0.2, 0.25) is 5.02 Å². The van der Waals surface area contributed by atoms with Crippen molar-refractivity contribution in [3.63, 3.8) is 0 Å². The molecule has 0 aliphatic carbocycles. The first kappa shape index (κ1) is 24.4. The lowest BCUT2D eigenvalue weighted by atomic mass is 9.87. The van der Waals surface area contributed by atoms with Crippen molar-refractivity contribution < 1.29 is 39.4 Å². The predicted molar refractivity (Wildman–Crippen MR) is 119 cm³/mol. The average molecular weight is 481 g/mol. The molecule has 0 radical (unpaired) electrons. The summed E-state index contributed by atoms with van der Waals surface area (Å²) < 4.78 is 22.6. The minimum Gasteiger partial charge on any atom is -0.494 e. The van der Waals surface area contributed by atoms with Gasteiger partial charge in [0.15, 0.2) is 6.29 Å². The quantitative estimate of drug-likeness (QED) is 0.474. The Morgan fingerprint density at radius 3 is 2.30 bits per heavy atom. The summed E-state index contributed by atoms with van der Waals surface area (Å²) in [4.78, 5) is 0. The molecule has 2 fully saturated rings. The van der Waals surface area contributed by atoms with Crippen molar-refractivity contribution in [2.45, 2.75) is 50.2 Å². The van der Waals surface area contributed by atoms with E-state index in [0.717, 1.165) is 16.9 Å². The van der Waals surface area contributed by atoms with Gasteiger partial charge in [0.2, 0.25) is 0 Å². The Morgan fingerprint density at radius 1 is 0.970 bits per heavy atom. The van der Waals surface area contributed by atoms with Crippen LogP contribution in [0.15, 0.2) is 36.4 Å². The zero-order chi connectivity index (χ0) is 23.5. The molecule has 2 aliphatic heterocycles. The molecule has 2 saturated heterocycles. The summed E-state index contributed by atoms with van der Waals surface area (Å²) in [5.41, 5.74) is 2.86. The number of rotatable bonds is 7. The molecule has 2 heterocycles. The summed E-state index contributed by atoms with van der Waals surface area (Å²) in [5.74, 6) is 0.778. The molecule has 4 N–H and O–H groups in total. The molecule has 0 aromatic heterocycles. The molecule has 0 amide bonds. The molecule has 2 aromatic rings. The second-order valence-corrected chi connectivity index (χ2v) is 8.56. The molecule has 5 atom stereocenters. The van der Waals surface area contributed by atoms with Crippen molar-refractivity contribution in [3.05, 3.63) is 63.7 Å². The molecule has 4 rings (SSSR count). The molecular formula is C24H29ClO8. The minimum atomic E-state index is -1.50. The fraction of sp³-hybridized carbons (Fsp3) is 0.500. The Kier molecular flexibility index (Phi) is 7.88. The first-order valence-corrected chi connectivity index (χ1v) is 11.4. The highest BCUT2D eigenvalue weighted by Gasteiger charge is 2.45. The highest BCUT2D eigenvalue weighted by Crippen LogP contribution is 2.40. The summed E-state index contributed by atoms with van der Waals surface area (Å²) >= 11 is 6.63. The van der Waals surface area contributed by atoms with Gasteiger partial charge in [0.1, 0.15) is 36.3 Å². The van der Waals surface area contributed by atoms with E-state index in [-0.39, 0.29) is 0 Å². The third-order valence-corrected chi connectivity index (χ3v) is 6.31. The van der Waals surface area contributed by atoms with Gasteiger partial charge < -0.3 is 39.4 Å². The number of aliphatic hydroxyl groups excluding tert-OH is 4. The topological polar surface area (TPSA) is 118 Å². The predicted octanol–water partition coefficient (Wildman–Crippen LogP) is 1.89. The number of halogens is 1. The van der Waals surface area contributed by atoms with Gasteiger partial charge in [-0.2, -0.15) is 0 Å². The minimum absolute atomic E-state index is 0.407. The van der Waals surface area contributed by atoms with Crippen LogP contribution in [0.4, 0.5) is 0 Å². The van der Waals surface area contributed by atoms with E-state index < -0.39 is 43.4 Å². The maximum Gasteiger partial charge on any atom is 0.184 e. The van der Waals surface area contributed by atoms with Gasteiger partial charge in [-0.05, 0) is 48.2 Å². The van der Waals surface area contributed by atoms with Crippen LogP contribution in [0.5, 0.6) is 5.75 Å². The van der Waals surface area contributed by atoms with Gasteiger partial charge in [-0.25, -0.2) is 0 Å². The highest BCUT2D eigenvalue weighted by molar-refractivity contribution is 6.31. The summed E-state index contributed by atoms with van der Waals surface area (Å²) in [7, 11) is 0. The number of ether oxygens (including phenoxy) is 4. The third kappa shape index (κ3) is 5.18. The van der Waals surface area contributed by atoms with Crippen LogP contribution < -0.4 is 4.74 Å². The average Bonchev–Trinajstić information content (AvgIpc) is 3.35. The van der Waals surface area contributed by atoms with Gasteiger partial charge in [-0.15, -0.1) is 0 Å². The van der Waals surface area contributed by atoms with Crippen LogP contribution in [0.3, 0.4) is 0 Å². The fourth-order valence-corrected chi connectivity index (χ4v) is 4.46. The molecular weight excluding hydrogens is 452 g/mol. The standard InChI is InChI=1S/C24H29ClO8/c1-2-30-15-5-3-13(4-6-15)9-14-10-16(17(11-18(14)25)24-31-7-8-32-24)23-22(29)21(28)20(27)19(12-26)33-23/h3-6,10-11,19-24,26-29H,2,7-9,12H2,1H3/t19-,20-,21+,22-,23+/m1/s1. The Morgan fingerprint density at radius 2 is 1.67 bits per heavy atom. The molecule has 8 nitrogen and oxygen atoms in total. The Hall–Kier alpha value is -1.75. The largest absolute Gasteiger partial charge is 0.494 e. The number of hydrogen-bond acceptors (Lipinski definition) is 8. The normalized spacial score (nSPS) is 28.2. The zero-order valence-corrected chi connectivity index (χ0v) is 19.0. The highest BCUT2D eigenvalue weighted by atomic mass is 35.5. The molecule has 33 heavy (non-hydrogen) atoms. The number of benzene rings is 2. The SMILES string of the molecule is CCOc1ccc(Cc2cc([C@@H]3O[C@H](CO)[C@@H](O)[C@H](O)[C@H]3O)c(C3OCCO3)cc2Cl)cc1. The van der Waals surface area contributed by atoms with Crippen molar-refractivity contribution in [1.29, 1.82) is 0 Å². The van der Waals surface area contributed by atoms with E-state index in [4.69, 9.17) is 30.5 Å². The van der Waals surface area contributed by atoms with Crippen LogP contribution in [-0.2, 0) is 20.6 Å². The maximum atomic E-state index is 10.7. The van der Waals surface area contributed by atoms with Crippen LogP contribution in [0.25, 0.3) is 0 Å². The van der Waals surface area contributed by atoms with Crippen molar-refractivity contribution in [2.75, 3.05) is 26.4 Å². The maximum absolute atomic E-state index is 10.7. The fourth-order valence-electron chi connectivity index (χ4n) is 4.23. The van der Waals surface area contributed by atoms with E-state index >= 15 is 0 Å². The van der Waals surface area contributed by atoms with Crippen LogP contribution in [-0.4, -0.2) is 71.3 Å². The number of aliphatic hydroxyl groups is 4. The van der Waals surface area contributed by atoms with Crippen molar-refractivity contribution >= 4 is 11.6 Å². The monoisotopic (exact) mass is 480 g/mol. The second kappa shape index (κ2) is 10.7. The lowest BCUT2D eigenvalue weighted by Gasteiger charge is -2.41. The Balaban J connectivity index is 1.70. The van der Waals surface area contributed by atoms with E-state index in [2.05, 4.69) is 0 Å². The van der Waals surface area contributed by atoms with E-state index in [1.54, 1.807) is 12.1 Å². The summed E-state index contributed by atoms with van der Waals surface area (Å²) in [5, 5.41) is 41.3. The second-order valence-electron chi connectivity index (χ2n) is 8.15. The molecule has 9 heteroatoms. The molecule has 0 saturated carbocycles. The smallest absolute Gasteiger partial charge is 0.184 e. The zero-order valence-electron chi connectivity index (χ0n) is 18.3. The van der Waals surface area contributed by atoms with Gasteiger partial charge >= 0.3 is 0 Å². The van der Waals surface area contributed by atoms with Crippen LogP contribution >= 0.6 is 11.6 Å². The summed E-state index contributed by atoms with van der Waals surface area (Å²) in [6, 6.07) is 11.2. The van der Waals surface area contributed by atoms with Crippen molar-refractivity contribution in [2.24, 2.45) is 0 Å². The molecule has 0 spiro atoms. The van der Waals surface area contributed by atoms with Crippen LogP contribution in [0.1, 0.15) is 41.6 Å². The first-order valence-electron chi connectivity index (χ1n) is 11.0. The van der Waals surface area contributed by atoms with E-state index in [1.165, 1.54) is 0 Å². The Labute approximate surface area is 197 Å². The third-order valence-electron chi connectivity index (χ3n) is 5.96. The van der Waals surface area contributed by atoms with Crippen molar-refractivity contribution in [1.82, 2.24) is 0 Å². The van der Waals surface area contributed by atoms with Gasteiger partial charge in [0.05, 0.1) is 26.4 Å². The molecule has 2 aromatic carbocycles.